The van der Waals surface area contributed by atoms with E-state index in [9.17, 15) is 0 Å². The van der Waals surface area contributed by atoms with E-state index in [-0.39, 0.29) is 5.95 Å². The maximum atomic E-state index is 5.44. The first kappa shape index (κ1) is 9.31. The molecule has 0 saturated heterocycles. The van der Waals surface area contributed by atoms with Crippen molar-refractivity contribution in [1.29, 1.82) is 0 Å². The fraction of sp³-hybridized carbons (Fsp3) is 0.286. The maximum Gasteiger partial charge on any atom is 0.263 e. The summed E-state index contributed by atoms with van der Waals surface area (Å²) in [4.78, 5) is 1.14. The molecule has 0 aromatic carbocycles. The average Bonchev–Trinajstić information content (AvgIpc) is 2.70. The average molecular weight is 206 g/mol. The van der Waals surface area contributed by atoms with Crippen molar-refractivity contribution in [3.8, 4) is 0 Å². The van der Waals surface area contributed by atoms with Crippen LogP contribution in [0.1, 0.15) is 11.4 Å². The minimum atomic E-state index is 0.144. The summed E-state index contributed by atoms with van der Waals surface area (Å²) in [5.74, 6) is 0.144. The van der Waals surface area contributed by atoms with Gasteiger partial charge in [-0.15, -0.1) is 0 Å². The third-order valence-corrected chi connectivity index (χ3v) is 1.81. The molecule has 15 heavy (non-hydrogen) atoms. The predicted molar refractivity (Wildman–Crippen MR) is 53.2 cm³/mol. The van der Waals surface area contributed by atoms with Gasteiger partial charge in [-0.3, -0.25) is 4.68 Å². The Balaban J connectivity index is 2.26. The van der Waals surface area contributed by atoms with E-state index < -0.39 is 0 Å². The number of hydrogen-bond acceptors (Lipinski definition) is 6. The first-order valence-electron chi connectivity index (χ1n) is 4.25. The number of rotatable bonds is 2. The third kappa shape index (κ3) is 1.82. The predicted octanol–water partition coefficient (Wildman–Crippen LogP) is -0.821. The highest BCUT2D eigenvalue weighted by molar-refractivity contribution is 5.77. The van der Waals surface area contributed by atoms with E-state index in [1.165, 1.54) is 0 Å². The second kappa shape index (κ2) is 3.48. The number of nitrogen functional groups attached to an aromatic ring is 1. The molecule has 2 heterocycles. The molecule has 8 heteroatoms. The van der Waals surface area contributed by atoms with Crippen LogP contribution in [0, 0.1) is 6.92 Å². The number of anilines is 1. The van der Waals surface area contributed by atoms with E-state index in [0.29, 0.717) is 0 Å². The molecule has 0 bridgehead atoms. The lowest BCUT2D eigenvalue weighted by atomic mass is 10.4. The highest BCUT2D eigenvalue weighted by Crippen LogP contribution is 1.99. The maximum absolute atomic E-state index is 5.44. The van der Waals surface area contributed by atoms with Gasteiger partial charge in [0.1, 0.15) is 0 Å². The van der Waals surface area contributed by atoms with Gasteiger partial charge in [0.25, 0.3) is 5.95 Å². The Hall–Kier alpha value is -2.25. The van der Waals surface area contributed by atoms with E-state index >= 15 is 0 Å². The summed E-state index contributed by atoms with van der Waals surface area (Å²) >= 11 is 0. The second-order valence-electron chi connectivity index (χ2n) is 3.01. The Morgan fingerprint density at radius 1 is 1.53 bits per heavy atom. The van der Waals surface area contributed by atoms with Crippen LogP contribution in [0.3, 0.4) is 0 Å². The van der Waals surface area contributed by atoms with Gasteiger partial charge in [-0.1, -0.05) is 9.89 Å². The zero-order chi connectivity index (χ0) is 10.8. The summed E-state index contributed by atoms with van der Waals surface area (Å²) in [6.45, 7) is 1.91. The molecule has 0 aliphatic rings. The minimum absolute atomic E-state index is 0.144. The van der Waals surface area contributed by atoms with Crippen LogP contribution in [0.5, 0.6) is 0 Å². The van der Waals surface area contributed by atoms with Gasteiger partial charge in [0.2, 0.25) is 0 Å². The summed E-state index contributed by atoms with van der Waals surface area (Å²) in [5, 5.41) is 18.6. The minimum Gasteiger partial charge on any atom is -0.365 e. The van der Waals surface area contributed by atoms with E-state index in [2.05, 4.69) is 25.7 Å². The fourth-order valence-corrected chi connectivity index (χ4v) is 1.14. The Kier molecular flexibility index (Phi) is 2.16. The SMILES string of the molecule is Cc1cc(C=Nn2nnnc2N)n(C)n1. The number of nitrogens with zero attached hydrogens (tertiary/aromatic N) is 7. The summed E-state index contributed by atoms with van der Waals surface area (Å²) in [7, 11) is 1.83. The summed E-state index contributed by atoms with van der Waals surface area (Å²) in [6.07, 6.45) is 1.59. The van der Waals surface area contributed by atoms with Gasteiger partial charge in [0.05, 0.1) is 17.6 Å². The van der Waals surface area contributed by atoms with Crippen LogP contribution >= 0.6 is 0 Å². The number of aryl methyl sites for hydroxylation is 2. The zero-order valence-electron chi connectivity index (χ0n) is 8.36. The first-order chi connectivity index (χ1) is 7.16. The summed E-state index contributed by atoms with van der Waals surface area (Å²) in [6, 6.07) is 1.89. The molecule has 0 saturated carbocycles. The Labute approximate surface area is 85.4 Å². The van der Waals surface area contributed by atoms with Crippen molar-refractivity contribution in [1.82, 2.24) is 30.1 Å². The van der Waals surface area contributed by atoms with E-state index in [0.717, 1.165) is 16.2 Å². The molecule has 0 aliphatic carbocycles. The molecule has 2 N–H and O–H groups in total. The number of tetrazole rings is 1. The monoisotopic (exact) mass is 206 g/mol. The van der Waals surface area contributed by atoms with Crippen molar-refractivity contribution in [2.45, 2.75) is 6.92 Å². The molecule has 78 valence electrons. The molecule has 2 rings (SSSR count). The van der Waals surface area contributed by atoms with Crippen LogP contribution in [0.25, 0.3) is 0 Å². The molecular weight excluding hydrogens is 196 g/mol. The summed E-state index contributed by atoms with van der Waals surface area (Å²) in [5.41, 5.74) is 7.21. The van der Waals surface area contributed by atoms with Crippen molar-refractivity contribution in [3.05, 3.63) is 17.5 Å². The Morgan fingerprint density at radius 2 is 2.33 bits per heavy atom. The lowest BCUT2D eigenvalue weighted by Gasteiger charge is -1.93. The highest BCUT2D eigenvalue weighted by Gasteiger charge is 2.00. The van der Waals surface area contributed by atoms with E-state index in [4.69, 9.17) is 5.73 Å². The van der Waals surface area contributed by atoms with Crippen LogP contribution in [-0.2, 0) is 7.05 Å². The topological polar surface area (TPSA) is 99.8 Å². The van der Waals surface area contributed by atoms with Crippen molar-refractivity contribution < 1.29 is 0 Å². The second-order valence-corrected chi connectivity index (χ2v) is 3.01. The Bertz CT molecular complexity index is 493. The molecule has 0 spiro atoms. The zero-order valence-corrected chi connectivity index (χ0v) is 8.36. The molecule has 0 fully saturated rings. The van der Waals surface area contributed by atoms with Gasteiger partial charge in [-0.05, 0) is 23.4 Å². The molecule has 0 unspecified atom stereocenters. The van der Waals surface area contributed by atoms with Crippen molar-refractivity contribution in [2.75, 3.05) is 5.73 Å². The third-order valence-electron chi connectivity index (χ3n) is 1.81. The van der Waals surface area contributed by atoms with Gasteiger partial charge in [0, 0.05) is 7.05 Å². The molecular formula is C7H10N8. The molecule has 0 atom stereocenters. The van der Waals surface area contributed by atoms with Crippen molar-refractivity contribution in [3.63, 3.8) is 0 Å². The van der Waals surface area contributed by atoms with E-state index in [1.54, 1.807) is 10.9 Å². The lowest BCUT2D eigenvalue weighted by Crippen LogP contribution is -2.02. The Morgan fingerprint density at radius 3 is 2.87 bits per heavy atom. The normalized spacial score (nSPS) is 11.3. The standard InChI is InChI=1S/C7H10N8/c1-5-3-6(14(2)11-5)4-9-15-7(8)10-12-13-15/h3-4H,1-2H3,(H2,8,10,13). The quantitative estimate of drug-likeness (QED) is 0.647. The van der Waals surface area contributed by atoms with Crippen LogP contribution in [0.2, 0.25) is 0 Å². The smallest absolute Gasteiger partial charge is 0.263 e. The number of hydrogen-bond donors (Lipinski definition) is 1. The van der Waals surface area contributed by atoms with E-state index in [1.807, 2.05) is 20.0 Å². The van der Waals surface area contributed by atoms with Crippen molar-refractivity contribution in [2.24, 2.45) is 12.1 Å². The molecule has 0 aliphatic heterocycles. The van der Waals surface area contributed by atoms with Gasteiger partial charge >= 0.3 is 0 Å². The molecule has 8 nitrogen and oxygen atoms in total. The molecule has 0 amide bonds. The van der Waals surface area contributed by atoms with Gasteiger partial charge in [-0.25, -0.2) is 0 Å². The van der Waals surface area contributed by atoms with Gasteiger partial charge < -0.3 is 5.73 Å². The van der Waals surface area contributed by atoms with Gasteiger partial charge in [-0.2, -0.15) is 10.2 Å². The number of aromatic nitrogens is 6. The van der Waals surface area contributed by atoms with Crippen LogP contribution < -0.4 is 5.73 Å². The first-order valence-corrected chi connectivity index (χ1v) is 4.25. The fourth-order valence-electron chi connectivity index (χ4n) is 1.14. The molecule has 2 aromatic rings. The van der Waals surface area contributed by atoms with Crippen LogP contribution in [0.4, 0.5) is 5.95 Å². The van der Waals surface area contributed by atoms with Crippen molar-refractivity contribution >= 4 is 12.2 Å². The summed E-state index contributed by atoms with van der Waals surface area (Å²) < 4.78 is 1.71. The molecule has 2 aromatic heterocycles. The highest BCUT2D eigenvalue weighted by atomic mass is 15.7. The van der Waals surface area contributed by atoms with Crippen LogP contribution in [0.15, 0.2) is 11.2 Å². The number of nitrogens with two attached hydrogens (primary N) is 1. The van der Waals surface area contributed by atoms with Crippen LogP contribution in [-0.4, -0.2) is 36.3 Å². The molecule has 0 radical (unpaired) electrons. The lowest BCUT2D eigenvalue weighted by molar-refractivity contribution is 0.696. The largest absolute Gasteiger partial charge is 0.365 e. The van der Waals surface area contributed by atoms with Gasteiger partial charge in [0.15, 0.2) is 0 Å².